The predicted octanol–water partition coefficient (Wildman–Crippen LogP) is 7.44. The quantitative estimate of drug-likeness (QED) is 0.114. The van der Waals surface area contributed by atoms with Crippen LogP contribution >= 0.6 is 21.6 Å². The minimum absolute atomic E-state index is 0.825. The summed E-state index contributed by atoms with van der Waals surface area (Å²) < 4.78 is 11.7. The van der Waals surface area contributed by atoms with Crippen LogP contribution in [0.5, 0.6) is 11.5 Å². The fourth-order valence-electron chi connectivity index (χ4n) is 3.81. The molecule has 202 valence electrons. The highest BCUT2D eigenvalue weighted by atomic mass is 33.1. The van der Waals surface area contributed by atoms with Gasteiger partial charge in [0.1, 0.15) is 11.5 Å². The molecule has 2 rings (SSSR count). The van der Waals surface area contributed by atoms with Crippen molar-refractivity contribution in [2.45, 2.75) is 65.2 Å². The average Bonchev–Trinajstić information content (AvgIpc) is 2.89. The van der Waals surface area contributed by atoms with Crippen LogP contribution in [0.4, 0.5) is 0 Å². The van der Waals surface area contributed by atoms with Crippen LogP contribution in [0.15, 0.2) is 48.5 Å². The van der Waals surface area contributed by atoms with Crippen LogP contribution in [0, 0.1) is 13.8 Å². The number of para-hydroxylation sites is 2. The van der Waals surface area contributed by atoms with Crippen LogP contribution in [0.25, 0.3) is 0 Å². The minimum Gasteiger partial charge on any atom is -0.493 e. The van der Waals surface area contributed by atoms with Gasteiger partial charge in [0, 0.05) is 24.6 Å². The maximum Gasteiger partial charge on any atom is 0.122 e. The lowest BCUT2D eigenvalue weighted by molar-refractivity contribution is 0.302. The van der Waals surface area contributed by atoms with E-state index in [1.165, 1.54) is 61.2 Å². The molecule has 0 atom stereocenters. The molecule has 4 nitrogen and oxygen atoms in total. The lowest BCUT2D eigenvalue weighted by Crippen LogP contribution is -2.19. The van der Waals surface area contributed by atoms with E-state index in [0.717, 1.165) is 63.7 Å². The Morgan fingerprint density at radius 3 is 1.39 bits per heavy atom. The maximum atomic E-state index is 5.86. The summed E-state index contributed by atoms with van der Waals surface area (Å²) in [5, 5.41) is 7.14. The van der Waals surface area contributed by atoms with Crippen molar-refractivity contribution in [2.75, 3.05) is 50.9 Å². The Kier molecular flexibility index (Phi) is 18.6. The number of aryl methyl sites for hydroxylation is 2. The van der Waals surface area contributed by atoms with E-state index in [-0.39, 0.29) is 0 Å². The number of hydrogen-bond donors (Lipinski definition) is 2. The summed E-state index contributed by atoms with van der Waals surface area (Å²) in [5.41, 5.74) is 2.44. The van der Waals surface area contributed by atoms with E-state index in [1.54, 1.807) is 0 Å². The van der Waals surface area contributed by atoms with Gasteiger partial charge >= 0.3 is 0 Å². The van der Waals surface area contributed by atoms with E-state index >= 15 is 0 Å². The first-order chi connectivity index (χ1) is 17.8. The molecule has 0 radical (unpaired) electrons. The van der Waals surface area contributed by atoms with Crippen LogP contribution in [-0.2, 0) is 0 Å². The molecule has 0 saturated carbocycles. The van der Waals surface area contributed by atoms with Crippen LogP contribution in [-0.4, -0.2) is 50.9 Å². The van der Waals surface area contributed by atoms with Crippen molar-refractivity contribution in [1.29, 1.82) is 0 Å². The molecule has 0 aliphatic heterocycles. The second-order valence-corrected chi connectivity index (χ2v) is 11.9. The normalized spacial score (nSPS) is 11.1. The van der Waals surface area contributed by atoms with Crippen molar-refractivity contribution in [3.63, 3.8) is 0 Å². The van der Waals surface area contributed by atoms with E-state index < -0.39 is 0 Å². The molecule has 2 N–H and O–H groups in total. The molecule has 0 amide bonds. The predicted molar refractivity (Wildman–Crippen MR) is 161 cm³/mol. The smallest absolute Gasteiger partial charge is 0.122 e. The highest BCUT2D eigenvalue weighted by Gasteiger charge is 1.99. The monoisotopic (exact) mass is 532 g/mol. The number of ether oxygens (including phenoxy) is 2. The van der Waals surface area contributed by atoms with Gasteiger partial charge in [-0.3, -0.25) is 0 Å². The number of benzene rings is 2. The van der Waals surface area contributed by atoms with Gasteiger partial charge in [-0.1, -0.05) is 83.7 Å². The molecular weight excluding hydrogens is 484 g/mol. The summed E-state index contributed by atoms with van der Waals surface area (Å²) in [6.45, 7) is 10.3. The van der Waals surface area contributed by atoms with Crippen LogP contribution < -0.4 is 20.1 Å². The lowest BCUT2D eigenvalue weighted by atomic mass is 10.2. The molecule has 0 aliphatic carbocycles. The van der Waals surface area contributed by atoms with E-state index in [1.807, 2.05) is 33.7 Å². The molecule has 2 aromatic rings. The molecule has 0 saturated heterocycles. The molecular formula is C30H48N2O2S2. The van der Waals surface area contributed by atoms with E-state index in [0.29, 0.717) is 0 Å². The van der Waals surface area contributed by atoms with Gasteiger partial charge in [0.15, 0.2) is 0 Å². The third kappa shape index (κ3) is 15.7. The summed E-state index contributed by atoms with van der Waals surface area (Å²) in [6.07, 6.45) is 9.83. The SMILES string of the molecule is Cc1ccccc1OCCCCCCNCCSSCCNCCCCCCOc1ccccc1C. The minimum atomic E-state index is 0.825. The van der Waals surface area contributed by atoms with Gasteiger partial charge in [-0.2, -0.15) is 0 Å². The summed E-state index contributed by atoms with van der Waals surface area (Å²) in [7, 11) is 3.97. The third-order valence-electron chi connectivity index (χ3n) is 6.01. The van der Waals surface area contributed by atoms with Crippen molar-refractivity contribution in [2.24, 2.45) is 0 Å². The molecule has 2 aromatic carbocycles. The van der Waals surface area contributed by atoms with E-state index in [2.05, 4.69) is 60.9 Å². The van der Waals surface area contributed by atoms with Gasteiger partial charge in [0.25, 0.3) is 0 Å². The standard InChI is InChI=1S/C30H48N2O2S2/c1-27-15-7-9-17-29(27)33-23-13-5-3-11-19-31-21-25-35-36-26-22-32-20-12-4-6-14-24-34-30-18-10-8-16-28(30)2/h7-10,15-18,31-32H,3-6,11-14,19-26H2,1-2H3. The zero-order chi connectivity index (χ0) is 25.5. The highest BCUT2D eigenvalue weighted by molar-refractivity contribution is 8.76. The number of hydrogen-bond acceptors (Lipinski definition) is 6. The molecule has 0 fully saturated rings. The molecule has 36 heavy (non-hydrogen) atoms. The zero-order valence-corrected chi connectivity index (χ0v) is 24.2. The first-order valence-corrected chi connectivity index (χ1v) is 16.3. The summed E-state index contributed by atoms with van der Waals surface area (Å²) in [6, 6.07) is 16.5. The van der Waals surface area contributed by atoms with Gasteiger partial charge < -0.3 is 20.1 Å². The largest absolute Gasteiger partial charge is 0.493 e. The van der Waals surface area contributed by atoms with Gasteiger partial charge in [0.2, 0.25) is 0 Å². The van der Waals surface area contributed by atoms with E-state index in [4.69, 9.17) is 9.47 Å². The molecule has 0 unspecified atom stereocenters. The van der Waals surface area contributed by atoms with Gasteiger partial charge in [-0.15, -0.1) is 0 Å². The van der Waals surface area contributed by atoms with Crippen molar-refractivity contribution in [1.82, 2.24) is 10.6 Å². The molecule has 6 heteroatoms. The Balaban J connectivity index is 1.22. The number of nitrogens with one attached hydrogen (secondary N) is 2. The molecule has 0 heterocycles. The number of unbranched alkanes of at least 4 members (excludes halogenated alkanes) is 6. The van der Waals surface area contributed by atoms with Crippen molar-refractivity contribution in [3.8, 4) is 11.5 Å². The molecule has 0 aliphatic rings. The Morgan fingerprint density at radius 1 is 0.528 bits per heavy atom. The van der Waals surface area contributed by atoms with Crippen molar-refractivity contribution >= 4 is 21.6 Å². The van der Waals surface area contributed by atoms with Gasteiger partial charge in [0.05, 0.1) is 13.2 Å². The molecule has 0 aromatic heterocycles. The summed E-state index contributed by atoms with van der Waals surface area (Å²) in [4.78, 5) is 0. The zero-order valence-electron chi connectivity index (χ0n) is 22.6. The number of rotatable bonds is 23. The Morgan fingerprint density at radius 2 is 0.944 bits per heavy atom. The first-order valence-electron chi connectivity index (χ1n) is 13.8. The fourth-order valence-corrected chi connectivity index (χ4v) is 5.71. The van der Waals surface area contributed by atoms with Crippen molar-refractivity contribution < 1.29 is 9.47 Å². The average molecular weight is 533 g/mol. The lowest BCUT2D eigenvalue weighted by Gasteiger charge is -2.09. The first kappa shape index (κ1) is 30.9. The Bertz CT molecular complexity index is 726. The topological polar surface area (TPSA) is 42.5 Å². The second kappa shape index (κ2) is 21.7. The summed E-state index contributed by atoms with van der Waals surface area (Å²) in [5.74, 6) is 4.41. The van der Waals surface area contributed by atoms with Gasteiger partial charge in [-0.25, -0.2) is 0 Å². The highest BCUT2D eigenvalue weighted by Crippen LogP contribution is 2.19. The van der Waals surface area contributed by atoms with Crippen LogP contribution in [0.3, 0.4) is 0 Å². The maximum absolute atomic E-state index is 5.86. The van der Waals surface area contributed by atoms with Crippen LogP contribution in [0.2, 0.25) is 0 Å². The second-order valence-electron chi connectivity index (χ2n) is 9.20. The Hall–Kier alpha value is -1.34. The molecule has 0 spiro atoms. The Labute approximate surface area is 228 Å². The van der Waals surface area contributed by atoms with Gasteiger partial charge in [-0.05, 0) is 75.9 Å². The van der Waals surface area contributed by atoms with Crippen LogP contribution in [0.1, 0.15) is 62.5 Å². The third-order valence-corrected chi connectivity index (χ3v) is 8.41. The van der Waals surface area contributed by atoms with Crippen molar-refractivity contribution in [3.05, 3.63) is 59.7 Å². The van der Waals surface area contributed by atoms with E-state index in [9.17, 15) is 0 Å². The fraction of sp³-hybridized carbons (Fsp3) is 0.600. The molecule has 0 bridgehead atoms. The summed E-state index contributed by atoms with van der Waals surface area (Å²) >= 11 is 0.